The number of hydrogen-bond donors (Lipinski definition) is 0. The summed E-state index contributed by atoms with van der Waals surface area (Å²) in [5.41, 5.74) is 0.288. The number of thiophene rings is 1. The average Bonchev–Trinajstić information content (AvgIpc) is 3.21. The zero-order chi connectivity index (χ0) is 17.7. The molecule has 0 saturated heterocycles. The first kappa shape index (κ1) is 17.3. The van der Waals surface area contributed by atoms with E-state index < -0.39 is 5.60 Å². The Hall–Kier alpha value is -2.49. The van der Waals surface area contributed by atoms with Gasteiger partial charge >= 0.3 is 0 Å². The molecule has 0 radical (unpaired) electrons. The fourth-order valence-electron chi connectivity index (χ4n) is 3.23. The van der Waals surface area contributed by atoms with Crippen molar-refractivity contribution in [3.8, 4) is 0 Å². The highest BCUT2D eigenvalue weighted by Crippen LogP contribution is 2.44. The molecule has 0 saturated carbocycles. The average molecular weight is 348 g/mol. The summed E-state index contributed by atoms with van der Waals surface area (Å²) in [6.45, 7) is 4.01. The number of hydrogen-bond acceptors (Lipinski definition) is 3. The molecule has 2 nitrogen and oxygen atoms in total. The van der Waals surface area contributed by atoms with Gasteiger partial charge in [0.15, 0.2) is 11.4 Å². The molecule has 3 heteroatoms. The lowest BCUT2D eigenvalue weighted by atomic mass is 9.75. The predicted octanol–water partition coefficient (Wildman–Crippen LogP) is 5.44. The SMILES string of the molecule is C=C[C@@H](c1cccs1)[C@@](OC)(C(=O)c1ccccc1)c1ccccc1. The van der Waals surface area contributed by atoms with E-state index in [-0.39, 0.29) is 11.7 Å². The Morgan fingerprint density at radius 3 is 2.20 bits per heavy atom. The second kappa shape index (κ2) is 7.60. The molecule has 0 N–H and O–H groups in total. The predicted molar refractivity (Wildman–Crippen MR) is 103 cm³/mol. The molecule has 0 aliphatic carbocycles. The first-order chi connectivity index (χ1) is 12.2. The summed E-state index contributed by atoms with van der Waals surface area (Å²) in [4.78, 5) is 14.7. The molecule has 0 bridgehead atoms. The van der Waals surface area contributed by atoms with Crippen LogP contribution in [0.25, 0.3) is 0 Å². The third-order valence-electron chi connectivity index (χ3n) is 4.42. The summed E-state index contributed by atoms with van der Waals surface area (Å²) in [6.07, 6.45) is 1.81. The quantitative estimate of drug-likeness (QED) is 0.420. The molecule has 0 fully saturated rings. The van der Waals surface area contributed by atoms with Gasteiger partial charge in [-0.15, -0.1) is 17.9 Å². The van der Waals surface area contributed by atoms with Crippen molar-refractivity contribution in [1.29, 1.82) is 0 Å². The van der Waals surface area contributed by atoms with E-state index in [9.17, 15) is 4.79 Å². The molecule has 0 unspecified atom stereocenters. The molecule has 126 valence electrons. The van der Waals surface area contributed by atoms with Gasteiger partial charge in [0.25, 0.3) is 0 Å². The van der Waals surface area contributed by atoms with Crippen LogP contribution in [0.2, 0.25) is 0 Å². The summed E-state index contributed by atoms with van der Waals surface area (Å²) in [6, 6.07) is 23.0. The highest BCUT2D eigenvalue weighted by Gasteiger charge is 2.47. The van der Waals surface area contributed by atoms with E-state index in [1.165, 1.54) is 0 Å². The molecular weight excluding hydrogens is 328 g/mol. The van der Waals surface area contributed by atoms with Crippen LogP contribution in [0.15, 0.2) is 90.8 Å². The highest BCUT2D eigenvalue weighted by molar-refractivity contribution is 7.10. The minimum Gasteiger partial charge on any atom is -0.364 e. The van der Waals surface area contributed by atoms with Crippen LogP contribution in [0.3, 0.4) is 0 Å². The van der Waals surface area contributed by atoms with E-state index in [1.54, 1.807) is 18.4 Å². The van der Waals surface area contributed by atoms with E-state index in [4.69, 9.17) is 4.74 Å². The maximum Gasteiger partial charge on any atom is 0.200 e. The van der Waals surface area contributed by atoms with Crippen LogP contribution < -0.4 is 0 Å². The van der Waals surface area contributed by atoms with Crippen molar-refractivity contribution in [3.63, 3.8) is 0 Å². The molecule has 3 aromatic rings. The van der Waals surface area contributed by atoms with Gasteiger partial charge in [0.2, 0.25) is 0 Å². The van der Waals surface area contributed by atoms with E-state index in [1.807, 2.05) is 84.3 Å². The molecule has 1 aromatic heterocycles. The summed E-state index contributed by atoms with van der Waals surface area (Å²) in [7, 11) is 1.60. The van der Waals surface area contributed by atoms with Gasteiger partial charge in [-0.2, -0.15) is 0 Å². The van der Waals surface area contributed by atoms with E-state index in [0.717, 1.165) is 10.4 Å². The minimum absolute atomic E-state index is 0.0694. The maximum absolute atomic E-state index is 13.6. The minimum atomic E-state index is -1.16. The first-order valence-corrected chi connectivity index (χ1v) is 8.98. The number of benzene rings is 2. The van der Waals surface area contributed by atoms with Crippen LogP contribution in [0.1, 0.15) is 26.7 Å². The Kier molecular flexibility index (Phi) is 5.27. The maximum atomic E-state index is 13.6. The Bertz CT molecular complexity index is 825. The van der Waals surface area contributed by atoms with Crippen LogP contribution in [-0.2, 0) is 10.3 Å². The van der Waals surface area contributed by atoms with Gasteiger partial charge in [0.05, 0.1) is 5.92 Å². The Morgan fingerprint density at radius 1 is 1.04 bits per heavy atom. The number of ketones is 1. The molecule has 2 atom stereocenters. The lowest BCUT2D eigenvalue weighted by Crippen LogP contribution is -2.43. The van der Waals surface area contributed by atoms with Crippen molar-refractivity contribution in [2.24, 2.45) is 0 Å². The summed E-state index contributed by atoms with van der Waals surface area (Å²) in [5, 5.41) is 2.00. The highest BCUT2D eigenvalue weighted by atomic mass is 32.1. The van der Waals surface area contributed by atoms with Crippen LogP contribution in [0.4, 0.5) is 0 Å². The largest absolute Gasteiger partial charge is 0.364 e. The number of methoxy groups -OCH3 is 1. The van der Waals surface area contributed by atoms with E-state index in [0.29, 0.717) is 5.56 Å². The molecule has 0 amide bonds. The lowest BCUT2D eigenvalue weighted by molar-refractivity contribution is -0.00936. The van der Waals surface area contributed by atoms with Crippen molar-refractivity contribution < 1.29 is 9.53 Å². The van der Waals surface area contributed by atoms with Gasteiger partial charge in [0.1, 0.15) is 0 Å². The third-order valence-corrected chi connectivity index (χ3v) is 5.38. The van der Waals surface area contributed by atoms with Crippen LogP contribution in [0.5, 0.6) is 0 Å². The number of carbonyl (C=O) groups excluding carboxylic acids is 1. The monoisotopic (exact) mass is 348 g/mol. The standard InChI is InChI=1S/C22H20O2S/c1-3-19(20-15-10-16-25-20)22(24-2,18-13-8-5-9-14-18)21(23)17-11-6-4-7-12-17/h3-16,19H,1H2,2H3/t19-,22+/m0/s1. The van der Waals surface area contributed by atoms with Gasteiger partial charge in [-0.05, 0) is 17.0 Å². The number of carbonyl (C=O) groups is 1. The molecule has 0 aliphatic heterocycles. The normalized spacial score (nSPS) is 14.4. The van der Waals surface area contributed by atoms with Crippen molar-refractivity contribution >= 4 is 17.1 Å². The fraction of sp³-hybridized carbons (Fsp3) is 0.136. The molecule has 0 aliphatic rings. The van der Waals surface area contributed by atoms with Crippen molar-refractivity contribution in [1.82, 2.24) is 0 Å². The third kappa shape index (κ3) is 3.09. The summed E-state index contributed by atoms with van der Waals surface area (Å²) >= 11 is 1.60. The van der Waals surface area contributed by atoms with Crippen molar-refractivity contribution in [2.45, 2.75) is 11.5 Å². The number of Topliss-reactive ketones (excluding diaryl/α,β-unsaturated/α-hetero) is 1. The molecule has 2 aromatic carbocycles. The van der Waals surface area contributed by atoms with Crippen LogP contribution in [-0.4, -0.2) is 12.9 Å². The Labute approximate surface area is 152 Å². The topological polar surface area (TPSA) is 26.3 Å². The van der Waals surface area contributed by atoms with Gasteiger partial charge in [-0.25, -0.2) is 0 Å². The van der Waals surface area contributed by atoms with Crippen molar-refractivity contribution in [3.05, 3.63) is 107 Å². The summed E-state index contributed by atoms with van der Waals surface area (Å²) in [5.74, 6) is -0.354. The number of rotatable bonds is 7. The zero-order valence-electron chi connectivity index (χ0n) is 14.1. The van der Waals surface area contributed by atoms with Gasteiger partial charge < -0.3 is 4.74 Å². The Morgan fingerprint density at radius 2 is 1.68 bits per heavy atom. The second-order valence-corrected chi connectivity index (χ2v) is 6.71. The smallest absolute Gasteiger partial charge is 0.200 e. The molecule has 0 spiro atoms. The molecule has 1 heterocycles. The van der Waals surface area contributed by atoms with Crippen molar-refractivity contribution in [2.75, 3.05) is 7.11 Å². The van der Waals surface area contributed by atoms with Crippen LogP contribution >= 0.6 is 11.3 Å². The number of ether oxygens (including phenoxy) is 1. The first-order valence-electron chi connectivity index (χ1n) is 8.10. The fourth-order valence-corrected chi connectivity index (χ4v) is 4.11. The van der Waals surface area contributed by atoms with E-state index >= 15 is 0 Å². The molecule has 3 rings (SSSR count). The van der Waals surface area contributed by atoms with Gasteiger partial charge in [-0.1, -0.05) is 72.8 Å². The van der Waals surface area contributed by atoms with Gasteiger partial charge in [0, 0.05) is 17.6 Å². The Balaban J connectivity index is 2.23. The van der Waals surface area contributed by atoms with Crippen LogP contribution in [0, 0.1) is 0 Å². The lowest BCUT2D eigenvalue weighted by Gasteiger charge is -2.37. The molecule has 25 heavy (non-hydrogen) atoms. The summed E-state index contributed by atoms with van der Waals surface area (Å²) < 4.78 is 6.00. The second-order valence-electron chi connectivity index (χ2n) is 5.73. The van der Waals surface area contributed by atoms with E-state index in [2.05, 4.69) is 6.58 Å². The zero-order valence-corrected chi connectivity index (χ0v) is 14.9. The van der Waals surface area contributed by atoms with Gasteiger partial charge in [-0.3, -0.25) is 4.79 Å². The molecular formula is C22H20O2S.